The number of ether oxygens (including phenoxy) is 1. The van der Waals surface area contributed by atoms with Crippen LogP contribution in [-0.2, 0) is 11.2 Å². The van der Waals surface area contributed by atoms with Gasteiger partial charge in [-0.25, -0.2) is 4.79 Å². The minimum atomic E-state index is -0.893. The first kappa shape index (κ1) is 24.4. The Hall–Kier alpha value is -4.75. The highest BCUT2D eigenvalue weighted by Crippen LogP contribution is 2.28. The average Bonchev–Trinajstić information content (AvgIpc) is 3.37. The molecule has 9 nitrogen and oxygen atoms in total. The number of nitriles is 1. The molecule has 0 saturated heterocycles. The van der Waals surface area contributed by atoms with Gasteiger partial charge in [0.25, 0.3) is 0 Å². The number of carbonyl (C=O) groups is 2. The van der Waals surface area contributed by atoms with Crippen LogP contribution in [0.5, 0.6) is 5.75 Å². The van der Waals surface area contributed by atoms with Crippen LogP contribution < -0.4 is 20.7 Å². The van der Waals surface area contributed by atoms with Crippen molar-refractivity contribution in [3.63, 3.8) is 0 Å². The zero-order valence-electron chi connectivity index (χ0n) is 19.3. The van der Waals surface area contributed by atoms with Gasteiger partial charge in [0.2, 0.25) is 11.0 Å². The lowest BCUT2D eigenvalue weighted by atomic mass is 10.1. The number of methoxy groups -OCH3 is 1. The zero-order valence-corrected chi connectivity index (χ0v) is 20.1. The van der Waals surface area contributed by atoms with Crippen LogP contribution in [0, 0.1) is 11.3 Å². The molecular formula is C26H22N6O3S. The number of amides is 3. The van der Waals surface area contributed by atoms with Gasteiger partial charge in [-0.1, -0.05) is 59.9 Å². The van der Waals surface area contributed by atoms with E-state index in [1.807, 2.05) is 60.7 Å². The van der Waals surface area contributed by atoms with Crippen LogP contribution in [0.2, 0.25) is 0 Å². The van der Waals surface area contributed by atoms with E-state index in [0.29, 0.717) is 27.1 Å². The molecule has 3 aromatic carbocycles. The number of hydrogen-bond acceptors (Lipinski definition) is 7. The molecule has 0 saturated carbocycles. The Labute approximate surface area is 211 Å². The van der Waals surface area contributed by atoms with E-state index >= 15 is 0 Å². The molecule has 0 aliphatic carbocycles. The topological polar surface area (TPSA) is 129 Å². The molecule has 0 bridgehead atoms. The number of hydrogen-bond donors (Lipinski definition) is 3. The molecule has 4 rings (SSSR count). The van der Waals surface area contributed by atoms with Crippen molar-refractivity contribution in [3.8, 4) is 22.4 Å². The Morgan fingerprint density at radius 1 is 1.00 bits per heavy atom. The number of rotatable bonds is 8. The number of anilines is 2. The van der Waals surface area contributed by atoms with Gasteiger partial charge >= 0.3 is 6.03 Å². The zero-order chi connectivity index (χ0) is 25.3. The fourth-order valence-electron chi connectivity index (χ4n) is 3.39. The second-order valence-electron chi connectivity index (χ2n) is 7.67. The van der Waals surface area contributed by atoms with Crippen molar-refractivity contribution in [3.05, 3.63) is 90.0 Å². The van der Waals surface area contributed by atoms with E-state index in [9.17, 15) is 9.59 Å². The van der Waals surface area contributed by atoms with Gasteiger partial charge in [-0.15, -0.1) is 10.2 Å². The van der Waals surface area contributed by atoms with E-state index in [0.717, 1.165) is 11.1 Å². The molecule has 0 aliphatic rings. The molecule has 1 unspecified atom stereocenters. The Morgan fingerprint density at radius 2 is 1.81 bits per heavy atom. The van der Waals surface area contributed by atoms with Gasteiger partial charge in [0.1, 0.15) is 16.8 Å². The third-order valence-corrected chi connectivity index (χ3v) is 6.01. The van der Waals surface area contributed by atoms with Crippen molar-refractivity contribution in [1.82, 2.24) is 15.5 Å². The largest absolute Gasteiger partial charge is 0.497 e. The summed E-state index contributed by atoms with van der Waals surface area (Å²) in [7, 11) is 1.58. The first-order chi connectivity index (χ1) is 17.5. The number of aromatic nitrogens is 2. The second-order valence-corrected chi connectivity index (χ2v) is 8.64. The first-order valence-electron chi connectivity index (χ1n) is 10.9. The third-order valence-electron chi connectivity index (χ3n) is 5.13. The summed E-state index contributed by atoms with van der Waals surface area (Å²) in [6.45, 7) is 0. The molecule has 0 aliphatic heterocycles. The highest BCUT2D eigenvalue weighted by atomic mass is 32.1. The molecule has 0 radical (unpaired) electrons. The molecule has 0 spiro atoms. The lowest BCUT2D eigenvalue weighted by molar-refractivity contribution is -0.117. The molecule has 10 heteroatoms. The summed E-state index contributed by atoms with van der Waals surface area (Å²) in [6, 6.07) is 23.8. The number of benzene rings is 3. The number of urea groups is 1. The Morgan fingerprint density at radius 3 is 2.58 bits per heavy atom. The monoisotopic (exact) mass is 498 g/mol. The Kier molecular flexibility index (Phi) is 7.85. The predicted molar refractivity (Wildman–Crippen MR) is 138 cm³/mol. The van der Waals surface area contributed by atoms with Crippen LogP contribution in [0.3, 0.4) is 0 Å². The van der Waals surface area contributed by atoms with E-state index in [1.165, 1.54) is 11.3 Å². The lowest BCUT2D eigenvalue weighted by Crippen LogP contribution is -2.46. The molecule has 0 fully saturated rings. The minimum absolute atomic E-state index is 0.264. The third kappa shape index (κ3) is 6.43. The Bertz CT molecular complexity index is 1400. The van der Waals surface area contributed by atoms with Crippen LogP contribution in [0.4, 0.5) is 15.6 Å². The highest BCUT2D eigenvalue weighted by Gasteiger charge is 2.23. The van der Waals surface area contributed by atoms with Gasteiger partial charge in [0, 0.05) is 17.7 Å². The van der Waals surface area contributed by atoms with Gasteiger partial charge < -0.3 is 15.4 Å². The summed E-state index contributed by atoms with van der Waals surface area (Å²) < 4.78 is 5.25. The fraction of sp³-hybridized carbons (Fsp3) is 0.115. The van der Waals surface area contributed by atoms with E-state index in [2.05, 4.69) is 26.1 Å². The molecule has 1 atom stereocenters. The lowest BCUT2D eigenvalue weighted by Gasteiger charge is -2.18. The van der Waals surface area contributed by atoms with E-state index in [4.69, 9.17) is 10.00 Å². The van der Waals surface area contributed by atoms with Gasteiger partial charge in [0.05, 0.1) is 18.7 Å². The van der Waals surface area contributed by atoms with Crippen LogP contribution in [0.1, 0.15) is 11.1 Å². The van der Waals surface area contributed by atoms with Crippen LogP contribution in [-0.4, -0.2) is 35.3 Å². The fourth-order valence-corrected chi connectivity index (χ4v) is 4.13. The molecule has 3 amide bonds. The molecular weight excluding hydrogens is 476 g/mol. The number of carbonyl (C=O) groups excluding carboxylic acids is 2. The molecule has 4 aromatic rings. The maximum Gasteiger partial charge on any atom is 0.319 e. The summed E-state index contributed by atoms with van der Waals surface area (Å²) in [5, 5.41) is 26.4. The highest BCUT2D eigenvalue weighted by molar-refractivity contribution is 7.18. The molecule has 1 aromatic heterocycles. The van der Waals surface area contributed by atoms with Crippen molar-refractivity contribution in [1.29, 1.82) is 5.26 Å². The van der Waals surface area contributed by atoms with E-state index in [1.54, 1.807) is 31.4 Å². The minimum Gasteiger partial charge on any atom is -0.497 e. The number of nitrogens with one attached hydrogen (secondary N) is 3. The summed E-state index contributed by atoms with van der Waals surface area (Å²) in [5.74, 6) is 0.250. The maximum absolute atomic E-state index is 13.2. The van der Waals surface area contributed by atoms with Crippen molar-refractivity contribution in [2.24, 2.45) is 0 Å². The molecule has 180 valence electrons. The second kappa shape index (κ2) is 11.6. The van der Waals surface area contributed by atoms with Gasteiger partial charge in [-0.2, -0.15) is 5.26 Å². The standard InChI is InChI=1S/C26H22N6O3S/c1-35-21-12-6-10-19(15-21)24-31-32-26(36-24)30-23(33)22(14-17-7-3-2-4-8-17)29-25(34)28-20-11-5-9-18(13-20)16-27/h2-13,15,22H,14H2,1H3,(H2,28,29,34)(H,30,32,33). The summed E-state index contributed by atoms with van der Waals surface area (Å²) in [6.07, 6.45) is 0.264. The summed E-state index contributed by atoms with van der Waals surface area (Å²) in [4.78, 5) is 25.9. The van der Waals surface area contributed by atoms with Crippen LogP contribution in [0.15, 0.2) is 78.9 Å². The van der Waals surface area contributed by atoms with E-state index in [-0.39, 0.29) is 6.42 Å². The normalized spacial score (nSPS) is 11.1. The summed E-state index contributed by atoms with van der Waals surface area (Å²) >= 11 is 1.21. The maximum atomic E-state index is 13.2. The van der Waals surface area contributed by atoms with Crippen molar-refractivity contribution in [2.75, 3.05) is 17.7 Å². The molecule has 1 heterocycles. The van der Waals surface area contributed by atoms with Gasteiger partial charge in [-0.3, -0.25) is 10.1 Å². The van der Waals surface area contributed by atoms with E-state index < -0.39 is 18.0 Å². The quantitative estimate of drug-likeness (QED) is 0.329. The smallest absolute Gasteiger partial charge is 0.319 e. The molecule has 36 heavy (non-hydrogen) atoms. The first-order valence-corrected chi connectivity index (χ1v) is 11.8. The predicted octanol–water partition coefficient (Wildman–Crippen LogP) is 4.46. The average molecular weight is 499 g/mol. The summed E-state index contributed by atoms with van der Waals surface area (Å²) in [5.41, 5.74) is 2.54. The van der Waals surface area contributed by atoms with Crippen molar-refractivity contribution in [2.45, 2.75) is 12.5 Å². The van der Waals surface area contributed by atoms with Crippen LogP contribution in [0.25, 0.3) is 10.6 Å². The Balaban J connectivity index is 1.48. The van der Waals surface area contributed by atoms with Crippen molar-refractivity contribution >= 4 is 34.1 Å². The number of nitrogens with zero attached hydrogens (tertiary/aromatic N) is 3. The van der Waals surface area contributed by atoms with Gasteiger partial charge in [-0.05, 0) is 35.9 Å². The van der Waals surface area contributed by atoms with Crippen LogP contribution >= 0.6 is 11.3 Å². The van der Waals surface area contributed by atoms with Crippen molar-refractivity contribution < 1.29 is 14.3 Å². The van der Waals surface area contributed by atoms with Gasteiger partial charge in [0.15, 0.2) is 0 Å². The molecule has 3 N–H and O–H groups in total. The SMILES string of the molecule is COc1cccc(-c2nnc(NC(=O)C(Cc3ccccc3)NC(=O)Nc3cccc(C#N)c3)s2)c1.